The zero-order valence-electron chi connectivity index (χ0n) is 11.1. The summed E-state index contributed by atoms with van der Waals surface area (Å²) in [5.74, 6) is -0.804. The highest BCUT2D eigenvalue weighted by Crippen LogP contribution is 2.33. The van der Waals surface area contributed by atoms with Gasteiger partial charge < -0.3 is 14.9 Å². The Kier molecular flexibility index (Phi) is 3.92. The Morgan fingerprint density at radius 3 is 2.83 bits per heavy atom. The van der Waals surface area contributed by atoms with Gasteiger partial charge in [0.15, 0.2) is 0 Å². The molecule has 0 amide bonds. The fourth-order valence-electron chi connectivity index (χ4n) is 2.39. The number of rotatable bonds is 3. The second-order valence-electron chi connectivity index (χ2n) is 4.87. The fraction of sp³-hybridized carbons (Fsp3) is 0.615. The highest BCUT2D eigenvalue weighted by atomic mass is 32.1. The average molecular weight is 268 g/mol. The summed E-state index contributed by atoms with van der Waals surface area (Å²) in [5.41, 5.74) is 2.11. The van der Waals surface area contributed by atoms with Gasteiger partial charge >= 0.3 is 5.97 Å². The molecular weight excluding hydrogens is 248 g/mol. The zero-order valence-corrected chi connectivity index (χ0v) is 12.0. The van der Waals surface area contributed by atoms with Gasteiger partial charge in [-0.1, -0.05) is 6.92 Å². The minimum absolute atomic E-state index is 0.463. The summed E-state index contributed by atoms with van der Waals surface area (Å²) >= 11 is 1.35. The van der Waals surface area contributed by atoms with E-state index in [0.29, 0.717) is 10.9 Å². The standard InChI is InChI=1S/C13H20N2O2S/c1-4-10-8-18-12(13(16)17)11(10)15-6-5-14(3)9(2)7-15/h8-9H,4-7H2,1-3H3,(H,16,17). The first kappa shape index (κ1) is 13.4. The molecule has 1 atom stereocenters. The molecule has 18 heavy (non-hydrogen) atoms. The molecule has 4 nitrogen and oxygen atoms in total. The quantitative estimate of drug-likeness (QED) is 0.912. The Balaban J connectivity index is 2.31. The third kappa shape index (κ3) is 2.37. The average Bonchev–Trinajstić information content (AvgIpc) is 2.76. The summed E-state index contributed by atoms with van der Waals surface area (Å²) < 4.78 is 0. The van der Waals surface area contributed by atoms with Crippen LogP contribution in [0.5, 0.6) is 0 Å². The number of piperazine rings is 1. The van der Waals surface area contributed by atoms with Crippen molar-refractivity contribution >= 4 is 23.0 Å². The van der Waals surface area contributed by atoms with Crippen molar-refractivity contribution < 1.29 is 9.90 Å². The normalized spacial score (nSPS) is 21.3. The summed E-state index contributed by atoms with van der Waals surface area (Å²) in [6.07, 6.45) is 0.889. The second-order valence-corrected chi connectivity index (χ2v) is 5.75. The molecule has 0 aliphatic carbocycles. The van der Waals surface area contributed by atoms with Crippen LogP contribution in [0.3, 0.4) is 0 Å². The maximum Gasteiger partial charge on any atom is 0.348 e. The van der Waals surface area contributed by atoms with Gasteiger partial charge in [0, 0.05) is 25.7 Å². The van der Waals surface area contributed by atoms with E-state index in [1.54, 1.807) is 0 Å². The van der Waals surface area contributed by atoms with E-state index in [2.05, 4.69) is 30.7 Å². The van der Waals surface area contributed by atoms with Crippen molar-refractivity contribution in [1.29, 1.82) is 0 Å². The lowest BCUT2D eigenvalue weighted by molar-refractivity contribution is 0.0702. The van der Waals surface area contributed by atoms with E-state index in [1.165, 1.54) is 11.3 Å². The van der Waals surface area contributed by atoms with Crippen LogP contribution in [-0.4, -0.2) is 48.7 Å². The lowest BCUT2D eigenvalue weighted by atomic mass is 10.1. The summed E-state index contributed by atoms with van der Waals surface area (Å²) in [7, 11) is 2.12. The van der Waals surface area contributed by atoms with Crippen molar-refractivity contribution in [3.63, 3.8) is 0 Å². The number of carboxylic acid groups (broad SMARTS) is 1. The van der Waals surface area contributed by atoms with E-state index in [4.69, 9.17) is 0 Å². The Bertz CT molecular complexity index is 444. The number of aryl methyl sites for hydroxylation is 1. The minimum atomic E-state index is -0.804. The van der Waals surface area contributed by atoms with E-state index in [1.807, 2.05) is 5.38 Å². The molecule has 1 unspecified atom stereocenters. The molecule has 1 aromatic rings. The number of nitrogens with zero attached hydrogens (tertiary/aromatic N) is 2. The van der Waals surface area contributed by atoms with Gasteiger partial charge in [-0.25, -0.2) is 4.79 Å². The first-order valence-corrected chi connectivity index (χ1v) is 7.21. The Labute approximate surface area is 112 Å². The molecule has 2 rings (SSSR count). The lowest BCUT2D eigenvalue weighted by Gasteiger charge is -2.39. The van der Waals surface area contributed by atoms with Crippen molar-refractivity contribution in [2.24, 2.45) is 0 Å². The number of aromatic carboxylic acids is 1. The van der Waals surface area contributed by atoms with Crippen LogP contribution in [-0.2, 0) is 6.42 Å². The largest absolute Gasteiger partial charge is 0.477 e. The predicted octanol–water partition coefficient (Wildman–Crippen LogP) is 2.15. The minimum Gasteiger partial charge on any atom is -0.477 e. The monoisotopic (exact) mass is 268 g/mol. The molecule has 0 saturated carbocycles. The van der Waals surface area contributed by atoms with Crippen molar-refractivity contribution in [1.82, 2.24) is 4.90 Å². The summed E-state index contributed by atoms with van der Waals surface area (Å²) in [6.45, 7) is 7.06. The van der Waals surface area contributed by atoms with Crippen molar-refractivity contribution in [2.75, 3.05) is 31.6 Å². The number of carboxylic acids is 1. The molecular formula is C13H20N2O2S. The maximum absolute atomic E-state index is 11.3. The van der Waals surface area contributed by atoms with E-state index >= 15 is 0 Å². The summed E-state index contributed by atoms with van der Waals surface area (Å²) in [4.78, 5) is 16.4. The van der Waals surface area contributed by atoms with Crippen LogP contribution >= 0.6 is 11.3 Å². The fourth-order valence-corrected chi connectivity index (χ4v) is 3.40. The Morgan fingerprint density at radius 2 is 2.28 bits per heavy atom. The van der Waals surface area contributed by atoms with E-state index in [0.717, 1.165) is 37.3 Å². The van der Waals surface area contributed by atoms with Crippen LogP contribution in [0.4, 0.5) is 5.69 Å². The first-order chi connectivity index (χ1) is 8.54. The zero-order chi connectivity index (χ0) is 13.3. The van der Waals surface area contributed by atoms with Crippen molar-refractivity contribution in [2.45, 2.75) is 26.3 Å². The van der Waals surface area contributed by atoms with Crippen LogP contribution in [0.1, 0.15) is 29.1 Å². The third-order valence-corrected chi connectivity index (χ3v) is 4.70. The molecule has 1 aliphatic heterocycles. The number of thiophene rings is 1. The van der Waals surface area contributed by atoms with Crippen LogP contribution in [0.15, 0.2) is 5.38 Å². The number of hydrogen-bond donors (Lipinski definition) is 1. The van der Waals surface area contributed by atoms with Gasteiger partial charge in [-0.3, -0.25) is 0 Å². The number of hydrogen-bond acceptors (Lipinski definition) is 4. The second kappa shape index (κ2) is 5.28. The molecule has 1 fully saturated rings. The molecule has 0 spiro atoms. The molecule has 2 heterocycles. The summed E-state index contributed by atoms with van der Waals surface area (Å²) in [5, 5.41) is 11.3. The van der Waals surface area contributed by atoms with E-state index in [-0.39, 0.29) is 0 Å². The molecule has 1 aromatic heterocycles. The van der Waals surface area contributed by atoms with Crippen LogP contribution in [0.25, 0.3) is 0 Å². The van der Waals surface area contributed by atoms with Gasteiger partial charge in [-0.2, -0.15) is 0 Å². The number of likely N-dealkylation sites (N-methyl/N-ethyl adjacent to an activating group) is 1. The third-order valence-electron chi connectivity index (χ3n) is 3.69. The van der Waals surface area contributed by atoms with Gasteiger partial charge in [-0.15, -0.1) is 11.3 Å². The molecule has 100 valence electrons. The van der Waals surface area contributed by atoms with Gasteiger partial charge in [0.05, 0.1) is 5.69 Å². The van der Waals surface area contributed by atoms with Gasteiger partial charge in [-0.05, 0) is 31.3 Å². The highest BCUT2D eigenvalue weighted by molar-refractivity contribution is 7.12. The van der Waals surface area contributed by atoms with Crippen molar-refractivity contribution in [3.05, 3.63) is 15.8 Å². The smallest absolute Gasteiger partial charge is 0.348 e. The van der Waals surface area contributed by atoms with Crippen LogP contribution < -0.4 is 4.90 Å². The topological polar surface area (TPSA) is 43.8 Å². The molecule has 0 bridgehead atoms. The number of carbonyl (C=O) groups is 1. The van der Waals surface area contributed by atoms with Crippen LogP contribution in [0, 0.1) is 0 Å². The van der Waals surface area contributed by atoms with Crippen LogP contribution in [0.2, 0.25) is 0 Å². The molecule has 0 radical (unpaired) electrons. The van der Waals surface area contributed by atoms with E-state index in [9.17, 15) is 9.90 Å². The van der Waals surface area contributed by atoms with Gasteiger partial charge in [0.2, 0.25) is 0 Å². The SMILES string of the molecule is CCc1csc(C(=O)O)c1N1CCN(C)C(C)C1. The number of anilines is 1. The molecule has 5 heteroatoms. The maximum atomic E-state index is 11.3. The van der Waals surface area contributed by atoms with E-state index < -0.39 is 5.97 Å². The lowest BCUT2D eigenvalue weighted by Crippen LogP contribution is -2.50. The van der Waals surface area contributed by atoms with Crippen molar-refractivity contribution in [3.8, 4) is 0 Å². The molecule has 1 aliphatic rings. The Hall–Kier alpha value is -1.07. The molecule has 1 saturated heterocycles. The molecule has 0 aromatic carbocycles. The first-order valence-electron chi connectivity index (χ1n) is 6.33. The summed E-state index contributed by atoms with van der Waals surface area (Å²) in [6, 6.07) is 0.463. The van der Waals surface area contributed by atoms with Gasteiger partial charge in [0.25, 0.3) is 0 Å². The predicted molar refractivity (Wildman–Crippen MR) is 75.0 cm³/mol. The highest BCUT2D eigenvalue weighted by Gasteiger charge is 2.27. The Morgan fingerprint density at radius 1 is 1.56 bits per heavy atom. The van der Waals surface area contributed by atoms with Gasteiger partial charge in [0.1, 0.15) is 4.88 Å². The molecule has 1 N–H and O–H groups in total.